The third-order valence-electron chi connectivity index (χ3n) is 5.69. The van der Waals surface area contributed by atoms with Gasteiger partial charge in [0.2, 0.25) is 0 Å². The molecule has 0 N–H and O–H groups in total. The van der Waals surface area contributed by atoms with Crippen molar-refractivity contribution in [2.75, 3.05) is 0 Å². The van der Waals surface area contributed by atoms with Gasteiger partial charge in [-0.1, -0.05) is 72.9 Å². The molecule has 0 spiro atoms. The molecule has 6 aliphatic rings. The van der Waals surface area contributed by atoms with E-state index in [4.69, 9.17) is 0 Å². The van der Waals surface area contributed by atoms with Gasteiger partial charge < -0.3 is 0 Å². The second-order valence-electron chi connectivity index (χ2n) is 6.84. The van der Waals surface area contributed by atoms with Gasteiger partial charge in [0.25, 0.3) is 0 Å². The number of hydrogen-bond acceptors (Lipinski definition) is 0. The number of hydrogen-bond donors (Lipinski definition) is 0. The minimum absolute atomic E-state index is 1.06. The van der Waals surface area contributed by atoms with Crippen LogP contribution in [0.3, 0.4) is 0 Å². The molecule has 0 atom stereocenters. The molecule has 0 aromatic heterocycles. The van der Waals surface area contributed by atoms with E-state index in [1.54, 1.807) is 0 Å². The molecule has 0 saturated heterocycles. The fourth-order valence-electron chi connectivity index (χ4n) is 4.75. The Kier molecular flexibility index (Phi) is 2.84. The Balaban J connectivity index is 1.45. The molecule has 2 fully saturated rings. The van der Waals surface area contributed by atoms with E-state index in [0.717, 1.165) is 12.8 Å². The molecule has 112 valence electrons. The largest absolute Gasteiger partial charge is 0.0873 e. The molecule has 10 radical (unpaired) electrons. The minimum Gasteiger partial charge on any atom is -0.0873 e. The predicted molar refractivity (Wildman–Crippen MR) is 96.5 cm³/mol. The Labute approximate surface area is 145 Å². The molecule has 0 heteroatoms. The lowest BCUT2D eigenvalue weighted by Crippen LogP contribution is -2.24. The van der Waals surface area contributed by atoms with Gasteiger partial charge in [0.1, 0.15) is 0 Å². The Bertz CT molecular complexity index is 652. The predicted octanol–water partition coefficient (Wildman–Crippen LogP) is 4.93. The molecule has 0 aromatic carbocycles. The summed E-state index contributed by atoms with van der Waals surface area (Å²) in [5.41, 5.74) is 0. The highest BCUT2D eigenvalue weighted by Gasteiger charge is 2.61. The standard InChI is InChI=1S/C24H16/c1-3-9-19-15(7-1)17-11-5-13-21(17)23(19)24-20-10-4-2-8-16(20)18-12-6-14-22(18)24/h1-10,13-14H,11-12H2. The van der Waals surface area contributed by atoms with Gasteiger partial charge in [-0.2, -0.15) is 0 Å². The van der Waals surface area contributed by atoms with Gasteiger partial charge in [0.15, 0.2) is 0 Å². The maximum Gasteiger partial charge on any atom is 0.0174 e. The molecule has 0 amide bonds. The van der Waals surface area contributed by atoms with Gasteiger partial charge in [-0.05, 0) is 12.8 Å². The Morgan fingerprint density at radius 2 is 0.833 bits per heavy atom. The normalized spacial score (nSPS) is 32.5. The average Bonchev–Trinajstić information content (AvgIpc) is 3.36. The molecule has 0 unspecified atom stereocenters. The highest BCUT2D eigenvalue weighted by molar-refractivity contribution is 5.87. The monoisotopic (exact) mass is 304 g/mol. The van der Waals surface area contributed by atoms with Crippen LogP contribution in [0.4, 0.5) is 0 Å². The molecule has 0 bridgehead atoms. The van der Waals surface area contributed by atoms with Crippen LogP contribution >= 0.6 is 0 Å². The van der Waals surface area contributed by atoms with Crippen molar-refractivity contribution in [1.82, 2.24) is 0 Å². The molecule has 6 aliphatic carbocycles. The highest BCUT2D eigenvalue weighted by atomic mass is 14.6. The van der Waals surface area contributed by atoms with E-state index in [-0.39, 0.29) is 0 Å². The Morgan fingerprint density at radius 3 is 1.29 bits per heavy atom. The zero-order valence-electron chi connectivity index (χ0n) is 13.3. The molecular formula is C24H16. The summed E-state index contributed by atoms with van der Waals surface area (Å²) in [7, 11) is 0. The average molecular weight is 304 g/mol. The van der Waals surface area contributed by atoms with Crippen LogP contribution < -0.4 is 0 Å². The minimum atomic E-state index is 1.06. The third-order valence-corrected chi connectivity index (χ3v) is 5.69. The molecular weight excluding hydrogens is 288 g/mol. The van der Waals surface area contributed by atoms with Gasteiger partial charge in [0.05, 0.1) is 0 Å². The van der Waals surface area contributed by atoms with Crippen LogP contribution in [0, 0.1) is 59.2 Å². The van der Waals surface area contributed by atoms with Crippen LogP contribution in [-0.2, 0) is 0 Å². The van der Waals surface area contributed by atoms with Crippen molar-refractivity contribution in [2.24, 2.45) is 0 Å². The Morgan fingerprint density at radius 1 is 0.417 bits per heavy atom. The summed E-state index contributed by atoms with van der Waals surface area (Å²) in [6.07, 6.45) is 29.2. The lowest BCUT2D eigenvalue weighted by Gasteiger charge is -2.33. The van der Waals surface area contributed by atoms with Gasteiger partial charge in [-0.25, -0.2) is 0 Å². The molecule has 0 aliphatic heterocycles. The van der Waals surface area contributed by atoms with Crippen LogP contribution in [0.1, 0.15) is 12.8 Å². The first-order valence-electron chi connectivity index (χ1n) is 8.67. The second-order valence-corrected chi connectivity index (χ2v) is 6.84. The van der Waals surface area contributed by atoms with Crippen LogP contribution in [0.15, 0.2) is 72.9 Å². The zero-order valence-corrected chi connectivity index (χ0v) is 13.3. The second kappa shape index (κ2) is 4.97. The first kappa shape index (κ1) is 13.7. The van der Waals surface area contributed by atoms with Gasteiger partial charge >= 0.3 is 0 Å². The third kappa shape index (κ3) is 1.65. The van der Waals surface area contributed by atoms with Crippen molar-refractivity contribution in [2.45, 2.75) is 12.8 Å². The maximum absolute atomic E-state index is 2.33. The first-order valence-corrected chi connectivity index (χ1v) is 8.67. The van der Waals surface area contributed by atoms with E-state index in [9.17, 15) is 0 Å². The fraction of sp³-hybridized carbons (Fsp3) is 0.0833. The van der Waals surface area contributed by atoms with E-state index in [0.29, 0.717) is 0 Å². The van der Waals surface area contributed by atoms with Crippen molar-refractivity contribution in [3.8, 4) is 0 Å². The number of allylic oxidation sites excluding steroid dienone is 12. The number of fused-ring (bicyclic) bond motifs is 6. The summed E-state index contributed by atoms with van der Waals surface area (Å²) in [5.74, 6) is 14.4. The maximum atomic E-state index is 2.33. The van der Waals surface area contributed by atoms with Gasteiger partial charge in [0, 0.05) is 59.2 Å². The summed E-state index contributed by atoms with van der Waals surface area (Å²) < 4.78 is 0. The molecule has 2 saturated carbocycles. The Hall–Kier alpha value is -1.56. The summed E-state index contributed by atoms with van der Waals surface area (Å²) in [6.45, 7) is 0. The lowest BCUT2D eigenvalue weighted by atomic mass is 9.68. The molecule has 0 heterocycles. The summed E-state index contributed by atoms with van der Waals surface area (Å²) in [5, 5.41) is 0. The van der Waals surface area contributed by atoms with Crippen LogP contribution in [-0.4, -0.2) is 0 Å². The molecule has 24 heavy (non-hydrogen) atoms. The molecule has 0 aromatic rings. The summed E-state index contributed by atoms with van der Waals surface area (Å²) >= 11 is 0. The van der Waals surface area contributed by atoms with E-state index < -0.39 is 0 Å². The molecule has 0 nitrogen and oxygen atoms in total. The summed E-state index contributed by atoms with van der Waals surface area (Å²) in [4.78, 5) is 0. The quantitative estimate of drug-likeness (QED) is 0.644. The van der Waals surface area contributed by atoms with E-state index in [1.165, 1.54) is 59.2 Å². The van der Waals surface area contributed by atoms with Crippen LogP contribution in [0.5, 0.6) is 0 Å². The topological polar surface area (TPSA) is 0 Å². The SMILES string of the molecule is C1=C[C]2[C](C=C1)[C]([C]1[C]3C=CC=C[C]3[C]3CC=C[C]31)[C]1C=CC[C]21. The fourth-order valence-corrected chi connectivity index (χ4v) is 4.75. The van der Waals surface area contributed by atoms with E-state index >= 15 is 0 Å². The van der Waals surface area contributed by atoms with Crippen molar-refractivity contribution in [1.29, 1.82) is 0 Å². The van der Waals surface area contributed by atoms with E-state index in [1.807, 2.05) is 0 Å². The van der Waals surface area contributed by atoms with Crippen LogP contribution in [0.25, 0.3) is 0 Å². The highest BCUT2D eigenvalue weighted by Crippen LogP contribution is 2.71. The van der Waals surface area contributed by atoms with E-state index in [2.05, 4.69) is 72.9 Å². The molecule has 6 rings (SSSR count). The van der Waals surface area contributed by atoms with Gasteiger partial charge in [-0.3, -0.25) is 0 Å². The van der Waals surface area contributed by atoms with Crippen molar-refractivity contribution in [3.05, 3.63) is 132 Å². The van der Waals surface area contributed by atoms with Crippen molar-refractivity contribution in [3.63, 3.8) is 0 Å². The van der Waals surface area contributed by atoms with Crippen molar-refractivity contribution >= 4 is 0 Å². The van der Waals surface area contributed by atoms with Crippen LogP contribution in [0.2, 0.25) is 0 Å². The van der Waals surface area contributed by atoms with Gasteiger partial charge in [-0.15, -0.1) is 0 Å². The van der Waals surface area contributed by atoms with Crippen molar-refractivity contribution < 1.29 is 0 Å². The zero-order chi connectivity index (χ0) is 15.7. The first-order chi connectivity index (χ1) is 11.9. The lowest BCUT2D eigenvalue weighted by molar-refractivity contribution is 0.938. The smallest absolute Gasteiger partial charge is 0.0174 e. The summed E-state index contributed by atoms with van der Waals surface area (Å²) in [6, 6.07) is 0. The number of rotatable bonds is 1.